The molecule has 1 amide bonds. The van der Waals surface area contributed by atoms with Crippen molar-refractivity contribution in [1.29, 1.82) is 0 Å². The highest BCUT2D eigenvalue weighted by Crippen LogP contribution is 2.35. The number of anilines is 1. The Morgan fingerprint density at radius 1 is 1.14 bits per heavy atom. The molecule has 6 nitrogen and oxygen atoms in total. The topological polar surface area (TPSA) is 84.9 Å². The van der Waals surface area contributed by atoms with Gasteiger partial charge >= 0.3 is 5.97 Å². The molecule has 1 aromatic carbocycles. The van der Waals surface area contributed by atoms with Crippen molar-refractivity contribution in [2.24, 2.45) is 0 Å². The number of hydrogen-bond acceptors (Lipinski definition) is 4. The number of halogens is 1. The molecular formula is C14H18ClNO5. The molecule has 0 unspecified atom stereocenters. The minimum Gasteiger partial charge on any atom is -0.495 e. The molecular weight excluding hydrogens is 298 g/mol. The molecule has 116 valence electrons. The minimum atomic E-state index is -0.862. The standard InChI is InChI=1S/C14H18ClNO5/c1-20-11-8-10(12(21-2)7-9(11)15)16-13(17)5-3-4-6-14(18)19/h7-8H,3-6H2,1-2H3,(H,16,17)(H,18,19). The van der Waals surface area contributed by atoms with Crippen LogP contribution in [0.1, 0.15) is 25.7 Å². The van der Waals surface area contributed by atoms with E-state index in [4.69, 9.17) is 26.2 Å². The van der Waals surface area contributed by atoms with Gasteiger partial charge in [0, 0.05) is 25.0 Å². The number of aliphatic carboxylic acids is 1. The van der Waals surface area contributed by atoms with Gasteiger partial charge in [-0.2, -0.15) is 0 Å². The fourth-order valence-corrected chi connectivity index (χ4v) is 1.96. The molecule has 0 spiro atoms. The van der Waals surface area contributed by atoms with Crippen molar-refractivity contribution in [3.8, 4) is 11.5 Å². The van der Waals surface area contributed by atoms with Crippen LogP contribution in [0.15, 0.2) is 12.1 Å². The zero-order chi connectivity index (χ0) is 15.8. The molecule has 0 saturated heterocycles. The van der Waals surface area contributed by atoms with E-state index in [1.807, 2.05) is 0 Å². The summed E-state index contributed by atoms with van der Waals surface area (Å²) in [5.74, 6) is -0.221. The zero-order valence-electron chi connectivity index (χ0n) is 11.9. The van der Waals surface area contributed by atoms with Gasteiger partial charge in [0.2, 0.25) is 5.91 Å². The largest absolute Gasteiger partial charge is 0.495 e. The maximum Gasteiger partial charge on any atom is 0.303 e. The quantitative estimate of drug-likeness (QED) is 0.720. The Hall–Kier alpha value is -1.95. The van der Waals surface area contributed by atoms with Crippen LogP contribution in [0.4, 0.5) is 5.69 Å². The van der Waals surface area contributed by atoms with Crippen molar-refractivity contribution in [2.45, 2.75) is 25.7 Å². The number of methoxy groups -OCH3 is 2. The van der Waals surface area contributed by atoms with Gasteiger partial charge < -0.3 is 19.9 Å². The lowest BCUT2D eigenvalue weighted by molar-refractivity contribution is -0.137. The van der Waals surface area contributed by atoms with Crippen LogP contribution in [0.2, 0.25) is 5.02 Å². The van der Waals surface area contributed by atoms with Crippen molar-refractivity contribution >= 4 is 29.2 Å². The minimum absolute atomic E-state index is 0.0609. The number of nitrogens with one attached hydrogen (secondary N) is 1. The summed E-state index contributed by atoms with van der Waals surface area (Å²) >= 11 is 5.98. The van der Waals surface area contributed by atoms with E-state index >= 15 is 0 Å². The number of benzene rings is 1. The summed E-state index contributed by atoms with van der Waals surface area (Å²) in [5.41, 5.74) is 0.460. The first-order chi connectivity index (χ1) is 9.97. The van der Waals surface area contributed by atoms with Gasteiger partial charge in [-0.05, 0) is 12.8 Å². The molecule has 0 fully saturated rings. The third kappa shape index (κ3) is 5.51. The number of hydrogen-bond donors (Lipinski definition) is 2. The highest BCUT2D eigenvalue weighted by Gasteiger charge is 2.12. The first kappa shape index (κ1) is 17.1. The zero-order valence-corrected chi connectivity index (χ0v) is 12.7. The van der Waals surface area contributed by atoms with Crippen molar-refractivity contribution < 1.29 is 24.2 Å². The van der Waals surface area contributed by atoms with Gasteiger partial charge in [-0.15, -0.1) is 0 Å². The molecule has 1 aromatic rings. The number of ether oxygens (including phenoxy) is 2. The fourth-order valence-electron chi connectivity index (χ4n) is 1.73. The van der Waals surface area contributed by atoms with Gasteiger partial charge in [-0.1, -0.05) is 11.6 Å². The van der Waals surface area contributed by atoms with Crippen molar-refractivity contribution in [2.75, 3.05) is 19.5 Å². The summed E-state index contributed by atoms with van der Waals surface area (Å²) in [6.07, 6.45) is 1.27. The van der Waals surface area contributed by atoms with E-state index in [1.54, 1.807) is 12.1 Å². The molecule has 0 atom stereocenters. The lowest BCUT2D eigenvalue weighted by Crippen LogP contribution is -2.12. The third-order valence-electron chi connectivity index (χ3n) is 2.79. The Kier molecular flexibility index (Phi) is 6.81. The van der Waals surface area contributed by atoms with Crippen LogP contribution < -0.4 is 14.8 Å². The Labute approximate surface area is 128 Å². The second kappa shape index (κ2) is 8.36. The number of amides is 1. The van der Waals surface area contributed by atoms with E-state index in [0.29, 0.717) is 35.1 Å². The van der Waals surface area contributed by atoms with Gasteiger partial charge in [0.15, 0.2) is 0 Å². The van der Waals surface area contributed by atoms with E-state index in [1.165, 1.54) is 14.2 Å². The smallest absolute Gasteiger partial charge is 0.303 e. The monoisotopic (exact) mass is 315 g/mol. The molecule has 21 heavy (non-hydrogen) atoms. The first-order valence-electron chi connectivity index (χ1n) is 6.41. The Bertz CT molecular complexity index is 518. The molecule has 1 rings (SSSR count). The number of carbonyl (C=O) groups is 2. The van der Waals surface area contributed by atoms with Gasteiger partial charge in [-0.25, -0.2) is 0 Å². The summed E-state index contributed by atoms with van der Waals surface area (Å²) in [6.45, 7) is 0. The van der Waals surface area contributed by atoms with Crippen LogP contribution in [0, 0.1) is 0 Å². The predicted octanol–water partition coefficient (Wildman–Crippen LogP) is 2.94. The lowest BCUT2D eigenvalue weighted by atomic mass is 10.2. The second-order valence-electron chi connectivity index (χ2n) is 4.34. The Balaban J connectivity index is 2.64. The molecule has 0 heterocycles. The average molecular weight is 316 g/mol. The van der Waals surface area contributed by atoms with E-state index in [-0.39, 0.29) is 18.7 Å². The molecule has 0 saturated carbocycles. The van der Waals surface area contributed by atoms with Crippen LogP contribution in [0.3, 0.4) is 0 Å². The van der Waals surface area contributed by atoms with Gasteiger partial charge in [0.25, 0.3) is 0 Å². The number of unbranched alkanes of at least 4 members (excludes halogenated alkanes) is 1. The highest BCUT2D eigenvalue weighted by molar-refractivity contribution is 6.32. The normalized spacial score (nSPS) is 10.0. The Morgan fingerprint density at radius 2 is 1.76 bits per heavy atom. The summed E-state index contributed by atoms with van der Waals surface area (Å²) < 4.78 is 10.2. The third-order valence-corrected chi connectivity index (χ3v) is 3.09. The molecule has 2 N–H and O–H groups in total. The molecule has 0 aliphatic carbocycles. The van der Waals surface area contributed by atoms with E-state index in [2.05, 4.69) is 5.32 Å². The van der Waals surface area contributed by atoms with Crippen LogP contribution in [-0.2, 0) is 9.59 Å². The Morgan fingerprint density at radius 3 is 2.33 bits per heavy atom. The number of carboxylic acid groups (broad SMARTS) is 1. The van der Waals surface area contributed by atoms with E-state index < -0.39 is 5.97 Å². The predicted molar refractivity (Wildman–Crippen MR) is 79.3 cm³/mol. The first-order valence-corrected chi connectivity index (χ1v) is 6.79. The number of carboxylic acids is 1. The fraction of sp³-hybridized carbons (Fsp3) is 0.429. The van der Waals surface area contributed by atoms with Gasteiger partial charge in [-0.3, -0.25) is 9.59 Å². The van der Waals surface area contributed by atoms with Crippen molar-refractivity contribution in [3.63, 3.8) is 0 Å². The molecule has 0 aromatic heterocycles. The highest BCUT2D eigenvalue weighted by atomic mass is 35.5. The molecule has 0 radical (unpaired) electrons. The summed E-state index contributed by atoms with van der Waals surface area (Å²) in [6, 6.07) is 3.14. The number of rotatable bonds is 8. The van der Waals surface area contributed by atoms with E-state index in [9.17, 15) is 9.59 Å². The van der Waals surface area contributed by atoms with Crippen LogP contribution in [-0.4, -0.2) is 31.2 Å². The van der Waals surface area contributed by atoms with Gasteiger partial charge in [0.05, 0.1) is 24.9 Å². The molecule has 0 aliphatic rings. The molecule has 7 heteroatoms. The van der Waals surface area contributed by atoms with Crippen molar-refractivity contribution in [3.05, 3.63) is 17.2 Å². The summed E-state index contributed by atoms with van der Waals surface area (Å²) in [4.78, 5) is 22.2. The lowest BCUT2D eigenvalue weighted by Gasteiger charge is -2.13. The van der Waals surface area contributed by atoms with E-state index in [0.717, 1.165) is 0 Å². The van der Waals surface area contributed by atoms with Crippen LogP contribution in [0.25, 0.3) is 0 Å². The SMILES string of the molecule is COc1cc(NC(=O)CCCCC(=O)O)c(OC)cc1Cl. The van der Waals surface area contributed by atoms with Crippen LogP contribution >= 0.6 is 11.6 Å². The maximum absolute atomic E-state index is 11.8. The summed E-state index contributed by atoms with van der Waals surface area (Å²) in [5, 5.41) is 11.6. The van der Waals surface area contributed by atoms with Crippen molar-refractivity contribution in [1.82, 2.24) is 0 Å². The van der Waals surface area contributed by atoms with Crippen LogP contribution in [0.5, 0.6) is 11.5 Å². The van der Waals surface area contributed by atoms with Gasteiger partial charge in [0.1, 0.15) is 11.5 Å². The maximum atomic E-state index is 11.8. The molecule has 0 aliphatic heterocycles. The average Bonchev–Trinajstić information content (AvgIpc) is 2.44. The number of carbonyl (C=O) groups excluding carboxylic acids is 1. The second-order valence-corrected chi connectivity index (χ2v) is 4.74. The molecule has 0 bridgehead atoms. The summed E-state index contributed by atoms with van der Waals surface area (Å²) in [7, 11) is 2.95.